The summed E-state index contributed by atoms with van der Waals surface area (Å²) in [4.78, 5) is 4.50. The van der Waals surface area contributed by atoms with Gasteiger partial charge in [-0.15, -0.1) is 0 Å². The third kappa shape index (κ3) is 4.12. The number of rotatable bonds is 3. The van der Waals surface area contributed by atoms with E-state index in [0.29, 0.717) is 6.04 Å². The van der Waals surface area contributed by atoms with Crippen molar-refractivity contribution in [1.82, 2.24) is 21.3 Å². The molecule has 1 heterocycles. The van der Waals surface area contributed by atoms with Crippen molar-refractivity contribution in [3.63, 3.8) is 0 Å². The second-order valence-electron chi connectivity index (χ2n) is 5.40. The summed E-state index contributed by atoms with van der Waals surface area (Å²) in [5.41, 5.74) is 6.57. The number of thioether (sulfide) groups is 1. The van der Waals surface area contributed by atoms with Crippen molar-refractivity contribution in [3.8, 4) is 0 Å². The molecule has 1 aliphatic heterocycles. The first kappa shape index (κ1) is 12.6. The lowest BCUT2D eigenvalue weighted by Crippen LogP contribution is -2.55. The van der Waals surface area contributed by atoms with Crippen LogP contribution in [-0.4, -0.2) is 28.1 Å². The Morgan fingerprint density at radius 2 is 2.18 bits per heavy atom. The molecule has 5 nitrogen and oxygen atoms in total. The van der Waals surface area contributed by atoms with Crippen LogP contribution in [0.3, 0.4) is 0 Å². The number of hydrogen-bond donors (Lipinski definition) is 3. The van der Waals surface area contributed by atoms with Gasteiger partial charge in [-0.25, -0.2) is 15.5 Å². The molecular weight excluding hydrogens is 234 g/mol. The molecule has 0 saturated heterocycles. The predicted octanol–water partition coefficient (Wildman–Crippen LogP) is 1.38. The van der Waals surface area contributed by atoms with Gasteiger partial charge < -0.3 is 5.32 Å². The fourth-order valence-corrected chi connectivity index (χ4v) is 1.82. The summed E-state index contributed by atoms with van der Waals surface area (Å²) < 4.78 is 0. The Hall–Kier alpha value is -0.880. The number of aliphatic imine (C=N–C) groups is 1. The van der Waals surface area contributed by atoms with Crippen LogP contribution in [0.15, 0.2) is 17.0 Å². The average Bonchev–Trinajstić information content (AvgIpc) is 2.98. The molecule has 6 heteroatoms. The molecular formula is C11H21N5S. The van der Waals surface area contributed by atoms with Crippen LogP contribution in [0.2, 0.25) is 0 Å². The van der Waals surface area contributed by atoms with Crippen molar-refractivity contribution in [1.29, 1.82) is 0 Å². The van der Waals surface area contributed by atoms with Crippen LogP contribution in [-0.2, 0) is 0 Å². The summed E-state index contributed by atoms with van der Waals surface area (Å²) in [5.74, 6) is 0.923. The highest BCUT2D eigenvalue weighted by Crippen LogP contribution is 2.21. The van der Waals surface area contributed by atoms with E-state index < -0.39 is 0 Å². The van der Waals surface area contributed by atoms with Gasteiger partial charge >= 0.3 is 0 Å². The van der Waals surface area contributed by atoms with E-state index in [1.54, 1.807) is 11.8 Å². The van der Waals surface area contributed by atoms with E-state index in [1.165, 1.54) is 12.8 Å². The van der Waals surface area contributed by atoms with Crippen LogP contribution in [0.4, 0.5) is 0 Å². The Kier molecular flexibility index (Phi) is 3.53. The molecule has 0 atom stereocenters. The maximum atomic E-state index is 4.50. The summed E-state index contributed by atoms with van der Waals surface area (Å²) in [6, 6.07) is 0.614. The Labute approximate surface area is 107 Å². The van der Waals surface area contributed by atoms with Gasteiger partial charge in [0, 0.05) is 11.6 Å². The standard InChI is InChI=1S/C11H21N5S/c1-11(2,3)15-16-7-9(12-8-5-6-8)13-10(14-16)17-4/h7-8,12,15H,5-6H2,1-4H3,(H,13,14). The van der Waals surface area contributed by atoms with Gasteiger partial charge in [-0.2, -0.15) is 0 Å². The molecule has 17 heavy (non-hydrogen) atoms. The lowest BCUT2D eigenvalue weighted by molar-refractivity contribution is 0.156. The summed E-state index contributed by atoms with van der Waals surface area (Å²) in [5, 5.41) is 6.19. The first-order valence-electron chi connectivity index (χ1n) is 5.91. The van der Waals surface area contributed by atoms with Gasteiger partial charge in [0.15, 0.2) is 5.17 Å². The molecule has 2 rings (SSSR count). The lowest BCUT2D eigenvalue weighted by atomic mass is 10.1. The Morgan fingerprint density at radius 3 is 2.71 bits per heavy atom. The molecule has 0 bridgehead atoms. The number of hydrazine groups is 2. The molecule has 1 fully saturated rings. The van der Waals surface area contributed by atoms with E-state index in [1.807, 2.05) is 17.6 Å². The maximum Gasteiger partial charge on any atom is 0.183 e. The fourth-order valence-electron chi connectivity index (χ4n) is 1.44. The number of amidine groups is 1. The van der Waals surface area contributed by atoms with Gasteiger partial charge in [-0.3, -0.25) is 5.43 Å². The first-order valence-corrected chi connectivity index (χ1v) is 7.13. The lowest BCUT2D eigenvalue weighted by Gasteiger charge is -2.33. The van der Waals surface area contributed by atoms with E-state index in [9.17, 15) is 0 Å². The highest BCUT2D eigenvalue weighted by molar-refractivity contribution is 8.13. The van der Waals surface area contributed by atoms with E-state index in [2.05, 4.69) is 41.9 Å². The molecule has 0 spiro atoms. The minimum absolute atomic E-state index is 0.00898. The Balaban J connectivity index is 2.02. The molecule has 0 amide bonds. The molecule has 1 saturated carbocycles. The number of nitrogens with zero attached hydrogens (tertiary/aromatic N) is 2. The normalized spacial score (nSPS) is 20.6. The SMILES string of the molecule is CSC1=NC(NC2CC2)=CN(NC(C)(C)C)N1. The molecule has 0 radical (unpaired) electrons. The third-order valence-corrected chi connectivity index (χ3v) is 2.84. The van der Waals surface area contributed by atoms with Gasteiger partial charge in [0.1, 0.15) is 5.82 Å². The maximum absolute atomic E-state index is 4.50. The molecule has 0 unspecified atom stereocenters. The van der Waals surface area contributed by atoms with E-state index in [-0.39, 0.29) is 5.54 Å². The summed E-state index contributed by atoms with van der Waals surface area (Å²) in [6.45, 7) is 6.38. The minimum atomic E-state index is 0.00898. The fraction of sp³-hybridized carbons (Fsp3) is 0.727. The predicted molar refractivity (Wildman–Crippen MR) is 73.1 cm³/mol. The van der Waals surface area contributed by atoms with E-state index in [0.717, 1.165) is 11.0 Å². The van der Waals surface area contributed by atoms with Crippen LogP contribution in [0.5, 0.6) is 0 Å². The highest BCUT2D eigenvalue weighted by atomic mass is 32.2. The van der Waals surface area contributed by atoms with Crippen LogP contribution in [0, 0.1) is 0 Å². The largest absolute Gasteiger partial charge is 0.366 e. The third-order valence-electron chi connectivity index (χ3n) is 2.27. The zero-order chi connectivity index (χ0) is 12.5. The van der Waals surface area contributed by atoms with Crippen LogP contribution >= 0.6 is 11.8 Å². The molecule has 0 aromatic rings. The van der Waals surface area contributed by atoms with Gasteiger partial charge in [-0.05, 0) is 39.9 Å². The average molecular weight is 255 g/mol. The number of nitrogens with one attached hydrogen (secondary N) is 3. The van der Waals surface area contributed by atoms with Crippen molar-refractivity contribution in [2.75, 3.05) is 6.26 Å². The van der Waals surface area contributed by atoms with Crippen LogP contribution in [0.25, 0.3) is 0 Å². The molecule has 0 aromatic carbocycles. The molecule has 1 aliphatic carbocycles. The van der Waals surface area contributed by atoms with Crippen molar-refractivity contribution < 1.29 is 0 Å². The molecule has 0 aromatic heterocycles. The summed E-state index contributed by atoms with van der Waals surface area (Å²) >= 11 is 1.60. The van der Waals surface area contributed by atoms with E-state index >= 15 is 0 Å². The molecule has 96 valence electrons. The zero-order valence-corrected chi connectivity index (χ0v) is 11.7. The Bertz CT molecular complexity index is 340. The van der Waals surface area contributed by atoms with Crippen molar-refractivity contribution in [3.05, 3.63) is 12.0 Å². The quantitative estimate of drug-likeness (QED) is 0.711. The summed E-state index contributed by atoms with van der Waals surface area (Å²) in [7, 11) is 0. The first-order chi connectivity index (χ1) is 7.96. The zero-order valence-electron chi connectivity index (χ0n) is 10.9. The van der Waals surface area contributed by atoms with Gasteiger partial charge in [0.2, 0.25) is 0 Å². The van der Waals surface area contributed by atoms with Crippen LogP contribution in [0.1, 0.15) is 33.6 Å². The van der Waals surface area contributed by atoms with Crippen molar-refractivity contribution in [2.24, 2.45) is 4.99 Å². The molecule has 3 N–H and O–H groups in total. The van der Waals surface area contributed by atoms with Crippen molar-refractivity contribution in [2.45, 2.75) is 45.2 Å². The topological polar surface area (TPSA) is 51.7 Å². The van der Waals surface area contributed by atoms with Crippen LogP contribution < -0.4 is 16.2 Å². The van der Waals surface area contributed by atoms with Gasteiger partial charge in [0.25, 0.3) is 0 Å². The van der Waals surface area contributed by atoms with Crippen molar-refractivity contribution >= 4 is 16.9 Å². The number of hydrogen-bond acceptors (Lipinski definition) is 6. The smallest absolute Gasteiger partial charge is 0.183 e. The summed E-state index contributed by atoms with van der Waals surface area (Å²) in [6.07, 6.45) is 6.48. The minimum Gasteiger partial charge on any atom is -0.366 e. The second-order valence-corrected chi connectivity index (χ2v) is 6.19. The van der Waals surface area contributed by atoms with Gasteiger partial charge in [0.05, 0.1) is 6.20 Å². The van der Waals surface area contributed by atoms with E-state index in [4.69, 9.17) is 0 Å². The second kappa shape index (κ2) is 4.78. The molecule has 2 aliphatic rings. The monoisotopic (exact) mass is 255 g/mol. The van der Waals surface area contributed by atoms with Gasteiger partial charge in [-0.1, -0.05) is 11.8 Å². The Morgan fingerprint density at radius 1 is 1.47 bits per heavy atom. The highest BCUT2D eigenvalue weighted by Gasteiger charge is 2.24.